The largest absolute Gasteiger partial charge is 0.497 e. The van der Waals surface area contributed by atoms with Crippen molar-refractivity contribution < 1.29 is 9.53 Å². The van der Waals surface area contributed by atoms with Crippen molar-refractivity contribution >= 4 is 11.6 Å². The number of rotatable bonds is 5. The average molecular weight is 297 g/mol. The van der Waals surface area contributed by atoms with E-state index in [1.54, 1.807) is 7.11 Å². The van der Waals surface area contributed by atoms with Crippen molar-refractivity contribution in [2.45, 2.75) is 19.0 Å². The number of hydrogen-bond acceptors (Lipinski definition) is 4. The van der Waals surface area contributed by atoms with Crippen LogP contribution >= 0.6 is 0 Å². The summed E-state index contributed by atoms with van der Waals surface area (Å²) in [6, 6.07) is 7.81. The van der Waals surface area contributed by atoms with Gasteiger partial charge in [0.15, 0.2) is 0 Å². The van der Waals surface area contributed by atoms with Gasteiger partial charge in [0.25, 0.3) is 5.91 Å². The van der Waals surface area contributed by atoms with Crippen LogP contribution < -0.4 is 15.4 Å². The predicted octanol–water partition coefficient (Wildman–Crippen LogP) is 1.77. The fourth-order valence-electron chi connectivity index (χ4n) is 2.61. The second kappa shape index (κ2) is 6.47. The lowest BCUT2D eigenvalue weighted by Gasteiger charge is -2.19. The third-order valence-electron chi connectivity index (χ3n) is 3.78. The normalized spacial score (nSPS) is 20.5. The molecule has 0 saturated heterocycles. The Labute approximate surface area is 129 Å². The maximum atomic E-state index is 12.2. The van der Waals surface area contributed by atoms with Crippen LogP contribution in [0, 0.1) is 5.92 Å². The summed E-state index contributed by atoms with van der Waals surface area (Å²) in [5.74, 6) is 0.572. The number of methoxy groups -OCH3 is 1. The molecule has 0 fully saturated rings. The van der Waals surface area contributed by atoms with E-state index in [0.717, 1.165) is 17.0 Å². The van der Waals surface area contributed by atoms with Gasteiger partial charge in [-0.05, 0) is 23.8 Å². The highest BCUT2D eigenvalue weighted by Crippen LogP contribution is 2.18. The van der Waals surface area contributed by atoms with Gasteiger partial charge in [-0.15, -0.1) is 0 Å². The molecular formula is C17H19N3O2. The Kier molecular flexibility index (Phi) is 4.23. The van der Waals surface area contributed by atoms with Crippen LogP contribution in [-0.2, 0) is 11.2 Å². The lowest BCUT2D eigenvalue weighted by atomic mass is 9.97. The summed E-state index contributed by atoms with van der Waals surface area (Å²) in [6.07, 6.45) is 9.03. The molecular weight excluding hydrogens is 278 g/mol. The van der Waals surface area contributed by atoms with E-state index in [0.29, 0.717) is 12.8 Å². The fourth-order valence-corrected chi connectivity index (χ4v) is 2.61. The summed E-state index contributed by atoms with van der Waals surface area (Å²) in [7, 11) is 1.64. The Hall–Kier alpha value is -2.56. The molecule has 22 heavy (non-hydrogen) atoms. The van der Waals surface area contributed by atoms with Crippen molar-refractivity contribution in [3.05, 3.63) is 54.4 Å². The number of hydrogen-bond donors (Lipinski definition) is 2. The minimum atomic E-state index is -0.168. The monoisotopic (exact) mass is 297 g/mol. The molecule has 3 rings (SSSR count). The molecule has 0 aliphatic carbocycles. The molecule has 0 aromatic heterocycles. The number of carbonyl (C=O) groups excluding carboxylic acids is 1. The van der Waals surface area contributed by atoms with Gasteiger partial charge in [-0.2, -0.15) is 0 Å². The zero-order chi connectivity index (χ0) is 15.4. The molecule has 1 amide bonds. The number of ether oxygens (including phenoxy) is 1. The molecule has 0 saturated carbocycles. The molecule has 1 aromatic carbocycles. The van der Waals surface area contributed by atoms with Crippen LogP contribution in [0.5, 0.6) is 5.75 Å². The van der Waals surface area contributed by atoms with Gasteiger partial charge in [0.1, 0.15) is 5.75 Å². The minimum absolute atomic E-state index is 0.0732. The number of allylic oxidation sites excluding steroid dienone is 1. The van der Waals surface area contributed by atoms with Gasteiger partial charge >= 0.3 is 0 Å². The summed E-state index contributed by atoms with van der Waals surface area (Å²) < 4.78 is 5.21. The van der Waals surface area contributed by atoms with Crippen LogP contribution in [0.1, 0.15) is 12.0 Å². The number of carbonyl (C=O) groups is 1. The molecule has 2 heterocycles. The van der Waals surface area contributed by atoms with E-state index in [9.17, 15) is 4.79 Å². The van der Waals surface area contributed by atoms with Gasteiger partial charge in [0, 0.05) is 31.0 Å². The van der Waals surface area contributed by atoms with Gasteiger partial charge in [0.05, 0.1) is 19.2 Å². The number of dihydropyridines is 1. The first-order valence-electron chi connectivity index (χ1n) is 7.34. The summed E-state index contributed by atoms with van der Waals surface area (Å²) >= 11 is 0. The first kappa shape index (κ1) is 14.4. The summed E-state index contributed by atoms with van der Waals surface area (Å²) in [5, 5.41) is 6.30. The Balaban J connectivity index is 1.62. The molecule has 114 valence electrons. The van der Waals surface area contributed by atoms with Crippen molar-refractivity contribution in [2.24, 2.45) is 10.9 Å². The molecule has 2 aliphatic heterocycles. The number of nitrogens with one attached hydrogen (secondary N) is 2. The standard InChI is InChI=1S/C17H19N3O2/c1-22-15-4-2-3-12(10-15)9-14-6-5-13(17(21)20-14)11-16-18-7-8-19-16/h2-8,10,13,16,18-19H,9,11H2,1H3. The van der Waals surface area contributed by atoms with E-state index < -0.39 is 0 Å². The van der Waals surface area contributed by atoms with Crippen molar-refractivity contribution in [2.75, 3.05) is 7.11 Å². The highest BCUT2D eigenvalue weighted by Gasteiger charge is 2.23. The molecule has 5 heteroatoms. The first-order chi connectivity index (χ1) is 10.7. The number of amides is 1. The lowest BCUT2D eigenvalue weighted by molar-refractivity contribution is -0.120. The molecule has 0 bridgehead atoms. The van der Waals surface area contributed by atoms with Crippen LogP contribution in [0.4, 0.5) is 0 Å². The zero-order valence-electron chi connectivity index (χ0n) is 12.5. The first-order valence-corrected chi connectivity index (χ1v) is 7.34. The van der Waals surface area contributed by atoms with E-state index in [4.69, 9.17) is 4.74 Å². The molecule has 1 unspecified atom stereocenters. The average Bonchev–Trinajstić information content (AvgIpc) is 3.03. The number of nitrogens with zero attached hydrogens (tertiary/aromatic N) is 1. The Bertz CT molecular complexity index is 641. The summed E-state index contributed by atoms with van der Waals surface area (Å²) in [6.45, 7) is 0. The van der Waals surface area contributed by atoms with Gasteiger partial charge in [-0.3, -0.25) is 4.79 Å². The molecule has 2 N–H and O–H groups in total. The summed E-state index contributed by atoms with van der Waals surface area (Å²) in [4.78, 5) is 16.4. The molecule has 0 radical (unpaired) electrons. The van der Waals surface area contributed by atoms with Crippen molar-refractivity contribution in [3.8, 4) is 5.75 Å². The third kappa shape index (κ3) is 3.36. The highest BCUT2D eigenvalue weighted by atomic mass is 16.5. The maximum absolute atomic E-state index is 12.2. The summed E-state index contributed by atoms with van der Waals surface area (Å²) in [5.41, 5.74) is 1.87. The highest BCUT2D eigenvalue weighted by molar-refractivity contribution is 6.06. The fraction of sp³-hybridized carbons (Fsp3) is 0.294. The number of benzene rings is 1. The Morgan fingerprint density at radius 1 is 1.27 bits per heavy atom. The van der Waals surface area contributed by atoms with E-state index in [-0.39, 0.29) is 18.0 Å². The molecule has 5 nitrogen and oxygen atoms in total. The van der Waals surface area contributed by atoms with Crippen LogP contribution in [0.3, 0.4) is 0 Å². The SMILES string of the molecule is COc1cccc(CC2=NC(=O)C(CC3NC=CN3)C=C2)c1. The van der Waals surface area contributed by atoms with Gasteiger partial charge in [-0.25, -0.2) is 4.99 Å². The van der Waals surface area contributed by atoms with Crippen LogP contribution in [0.15, 0.2) is 53.8 Å². The minimum Gasteiger partial charge on any atom is -0.497 e. The quantitative estimate of drug-likeness (QED) is 0.869. The van der Waals surface area contributed by atoms with Crippen LogP contribution in [-0.4, -0.2) is 24.9 Å². The van der Waals surface area contributed by atoms with Crippen molar-refractivity contribution in [1.29, 1.82) is 0 Å². The molecule has 2 aliphatic rings. The van der Waals surface area contributed by atoms with Gasteiger partial charge < -0.3 is 15.4 Å². The van der Waals surface area contributed by atoms with E-state index >= 15 is 0 Å². The van der Waals surface area contributed by atoms with Crippen LogP contribution in [0.25, 0.3) is 0 Å². The molecule has 1 atom stereocenters. The van der Waals surface area contributed by atoms with Gasteiger partial charge in [0.2, 0.25) is 0 Å². The second-order valence-corrected chi connectivity index (χ2v) is 5.39. The van der Waals surface area contributed by atoms with Crippen molar-refractivity contribution in [1.82, 2.24) is 10.6 Å². The second-order valence-electron chi connectivity index (χ2n) is 5.39. The number of aliphatic imine (C=N–C) groups is 1. The third-order valence-corrected chi connectivity index (χ3v) is 3.78. The van der Waals surface area contributed by atoms with E-state index in [2.05, 4.69) is 15.6 Å². The predicted molar refractivity (Wildman–Crippen MR) is 85.6 cm³/mol. The van der Waals surface area contributed by atoms with E-state index in [1.807, 2.05) is 48.8 Å². The smallest absolute Gasteiger partial charge is 0.252 e. The maximum Gasteiger partial charge on any atom is 0.252 e. The molecule has 1 aromatic rings. The van der Waals surface area contributed by atoms with Gasteiger partial charge in [-0.1, -0.05) is 18.2 Å². The van der Waals surface area contributed by atoms with Crippen molar-refractivity contribution in [3.63, 3.8) is 0 Å². The van der Waals surface area contributed by atoms with Crippen LogP contribution in [0.2, 0.25) is 0 Å². The zero-order valence-corrected chi connectivity index (χ0v) is 12.5. The molecule has 0 spiro atoms. The lowest BCUT2D eigenvalue weighted by Crippen LogP contribution is -2.35. The Morgan fingerprint density at radius 3 is 2.82 bits per heavy atom. The Morgan fingerprint density at radius 2 is 2.09 bits per heavy atom. The topological polar surface area (TPSA) is 62.7 Å². The van der Waals surface area contributed by atoms with E-state index in [1.165, 1.54) is 0 Å².